The standard InChI is InChI=1S/C23H31F2NO4/c1-15-10-11-18(22(2,3)16-8-6-5-7-9-16)19(12-15)30-20(27)13-17-14-23(24,25)21(28)26(17)29-4/h5-9,15,17-19H,10-14H2,1-4H3/t15-,17?,18-,19-/m1/s1. The molecule has 1 unspecified atom stereocenters. The minimum atomic E-state index is -3.52. The van der Waals surface area contributed by atoms with Gasteiger partial charge in [-0.05, 0) is 29.7 Å². The van der Waals surface area contributed by atoms with Crippen LogP contribution in [0.15, 0.2) is 30.3 Å². The van der Waals surface area contributed by atoms with Crippen molar-refractivity contribution in [3.8, 4) is 0 Å². The summed E-state index contributed by atoms with van der Waals surface area (Å²) in [6.07, 6.45) is 1.36. The third kappa shape index (κ3) is 4.51. The van der Waals surface area contributed by atoms with Crippen LogP contribution in [-0.2, 0) is 24.6 Å². The second-order valence-corrected chi connectivity index (χ2v) is 9.22. The quantitative estimate of drug-likeness (QED) is 0.632. The van der Waals surface area contributed by atoms with Gasteiger partial charge in [0.1, 0.15) is 6.10 Å². The summed E-state index contributed by atoms with van der Waals surface area (Å²) in [4.78, 5) is 29.2. The maximum absolute atomic E-state index is 13.8. The molecule has 1 amide bonds. The predicted octanol–water partition coefficient (Wildman–Crippen LogP) is 4.50. The van der Waals surface area contributed by atoms with Gasteiger partial charge in [-0.3, -0.25) is 14.4 Å². The molecule has 1 saturated heterocycles. The van der Waals surface area contributed by atoms with E-state index in [-0.39, 0.29) is 23.9 Å². The molecule has 7 heteroatoms. The lowest BCUT2D eigenvalue weighted by Crippen LogP contribution is -2.44. The van der Waals surface area contributed by atoms with Crippen LogP contribution in [0.25, 0.3) is 0 Å². The van der Waals surface area contributed by atoms with E-state index >= 15 is 0 Å². The number of hydrogen-bond donors (Lipinski definition) is 0. The fraction of sp³-hybridized carbons (Fsp3) is 0.652. The molecule has 3 rings (SSSR count). The number of carbonyl (C=O) groups is 2. The van der Waals surface area contributed by atoms with Gasteiger partial charge in [0, 0.05) is 12.3 Å². The monoisotopic (exact) mass is 423 g/mol. The van der Waals surface area contributed by atoms with E-state index in [1.54, 1.807) is 0 Å². The van der Waals surface area contributed by atoms with Gasteiger partial charge in [0.15, 0.2) is 0 Å². The molecule has 30 heavy (non-hydrogen) atoms. The molecule has 1 aliphatic heterocycles. The molecule has 0 spiro atoms. The highest BCUT2D eigenvalue weighted by Gasteiger charge is 2.55. The van der Waals surface area contributed by atoms with Gasteiger partial charge in [-0.1, -0.05) is 57.5 Å². The summed E-state index contributed by atoms with van der Waals surface area (Å²) in [5.74, 6) is -4.96. The van der Waals surface area contributed by atoms with E-state index in [0.29, 0.717) is 11.0 Å². The lowest BCUT2D eigenvalue weighted by atomic mass is 9.64. The van der Waals surface area contributed by atoms with Gasteiger partial charge in [0.2, 0.25) is 0 Å². The van der Waals surface area contributed by atoms with Crippen LogP contribution in [0.1, 0.15) is 58.4 Å². The first-order valence-corrected chi connectivity index (χ1v) is 10.6. The van der Waals surface area contributed by atoms with Gasteiger partial charge in [-0.25, -0.2) is 5.06 Å². The SMILES string of the molecule is CON1C(=O)C(F)(F)CC1CC(=O)O[C@@H]1C[C@H](C)CC[C@H]1C(C)(C)c1ccccc1. The van der Waals surface area contributed by atoms with E-state index in [0.717, 1.165) is 26.4 Å². The Hall–Kier alpha value is -2.02. The molecule has 2 aliphatic rings. The number of hydrogen-bond acceptors (Lipinski definition) is 4. The minimum Gasteiger partial charge on any atom is -0.462 e. The molecular weight excluding hydrogens is 392 g/mol. The van der Waals surface area contributed by atoms with Crippen LogP contribution in [0.2, 0.25) is 0 Å². The number of esters is 1. The summed E-state index contributed by atoms with van der Waals surface area (Å²) in [6, 6.07) is 9.12. The highest BCUT2D eigenvalue weighted by molar-refractivity contribution is 5.86. The second-order valence-electron chi connectivity index (χ2n) is 9.22. The Balaban J connectivity index is 1.72. The number of carbonyl (C=O) groups excluding carboxylic acids is 2. The fourth-order valence-corrected chi connectivity index (χ4v) is 4.96. The number of alkyl halides is 2. The van der Waals surface area contributed by atoms with Crippen molar-refractivity contribution in [3.05, 3.63) is 35.9 Å². The normalized spacial score (nSPS) is 29.1. The Morgan fingerprint density at radius 1 is 1.23 bits per heavy atom. The zero-order valence-electron chi connectivity index (χ0n) is 18.1. The summed E-state index contributed by atoms with van der Waals surface area (Å²) < 4.78 is 33.4. The third-order valence-corrected chi connectivity index (χ3v) is 6.72. The van der Waals surface area contributed by atoms with Crippen molar-refractivity contribution in [2.45, 2.75) is 76.4 Å². The van der Waals surface area contributed by atoms with Crippen molar-refractivity contribution < 1.29 is 27.9 Å². The Kier molecular flexibility index (Phi) is 6.51. The topological polar surface area (TPSA) is 55.8 Å². The molecule has 1 heterocycles. The second kappa shape index (κ2) is 8.61. The number of hydroxylamine groups is 2. The number of halogens is 2. The van der Waals surface area contributed by atoms with Gasteiger partial charge in [0.05, 0.1) is 19.6 Å². The predicted molar refractivity (Wildman–Crippen MR) is 108 cm³/mol. The Labute approximate surface area is 176 Å². The average molecular weight is 424 g/mol. The maximum Gasteiger partial charge on any atom is 0.329 e. The number of benzene rings is 1. The molecule has 2 fully saturated rings. The first-order valence-electron chi connectivity index (χ1n) is 10.6. The van der Waals surface area contributed by atoms with E-state index < -0.39 is 30.3 Å². The van der Waals surface area contributed by atoms with E-state index in [1.165, 1.54) is 5.56 Å². The smallest absolute Gasteiger partial charge is 0.329 e. The molecule has 4 atom stereocenters. The van der Waals surface area contributed by atoms with E-state index in [9.17, 15) is 18.4 Å². The lowest BCUT2D eigenvalue weighted by Gasteiger charge is -2.44. The first kappa shape index (κ1) is 22.7. The van der Waals surface area contributed by atoms with Gasteiger partial charge in [-0.15, -0.1) is 0 Å². The molecule has 1 aliphatic carbocycles. The number of amides is 1. The third-order valence-electron chi connectivity index (χ3n) is 6.72. The number of rotatable bonds is 6. The summed E-state index contributed by atoms with van der Waals surface area (Å²) in [5, 5.41) is 0.607. The van der Waals surface area contributed by atoms with Crippen LogP contribution in [-0.4, -0.2) is 42.1 Å². The molecule has 1 aromatic rings. The summed E-state index contributed by atoms with van der Waals surface area (Å²) in [5.41, 5.74) is 0.971. The van der Waals surface area contributed by atoms with Crippen molar-refractivity contribution in [2.75, 3.05) is 7.11 Å². The molecule has 1 aromatic carbocycles. The number of ether oxygens (including phenoxy) is 1. The molecule has 0 N–H and O–H groups in total. The summed E-state index contributed by atoms with van der Waals surface area (Å²) in [7, 11) is 1.15. The van der Waals surface area contributed by atoms with Crippen LogP contribution >= 0.6 is 0 Å². The van der Waals surface area contributed by atoms with Crippen LogP contribution in [0.3, 0.4) is 0 Å². The Morgan fingerprint density at radius 3 is 2.53 bits per heavy atom. The van der Waals surface area contributed by atoms with E-state index in [2.05, 4.69) is 32.9 Å². The van der Waals surface area contributed by atoms with Crippen molar-refractivity contribution in [1.82, 2.24) is 5.06 Å². The van der Waals surface area contributed by atoms with Gasteiger partial charge < -0.3 is 4.74 Å². The zero-order chi connectivity index (χ0) is 22.1. The zero-order valence-corrected chi connectivity index (χ0v) is 18.1. The molecule has 166 valence electrons. The molecule has 5 nitrogen and oxygen atoms in total. The first-order chi connectivity index (χ1) is 14.1. The maximum atomic E-state index is 13.8. The highest BCUT2D eigenvalue weighted by atomic mass is 19.3. The molecule has 0 aromatic heterocycles. The van der Waals surface area contributed by atoms with Crippen LogP contribution in [0.4, 0.5) is 8.78 Å². The summed E-state index contributed by atoms with van der Waals surface area (Å²) >= 11 is 0. The van der Waals surface area contributed by atoms with Crippen molar-refractivity contribution in [3.63, 3.8) is 0 Å². The van der Waals surface area contributed by atoms with Gasteiger partial charge in [-0.2, -0.15) is 8.78 Å². The molecule has 1 saturated carbocycles. The van der Waals surface area contributed by atoms with Crippen molar-refractivity contribution in [1.29, 1.82) is 0 Å². The Morgan fingerprint density at radius 2 is 1.90 bits per heavy atom. The van der Waals surface area contributed by atoms with Gasteiger partial charge in [0.25, 0.3) is 0 Å². The minimum absolute atomic E-state index is 0.116. The van der Waals surface area contributed by atoms with E-state index in [1.807, 2.05) is 18.2 Å². The largest absolute Gasteiger partial charge is 0.462 e. The average Bonchev–Trinajstić information content (AvgIpc) is 2.90. The van der Waals surface area contributed by atoms with E-state index in [4.69, 9.17) is 9.57 Å². The molecular formula is C23H31F2NO4. The van der Waals surface area contributed by atoms with Crippen LogP contribution < -0.4 is 0 Å². The van der Waals surface area contributed by atoms with Crippen molar-refractivity contribution >= 4 is 11.9 Å². The number of nitrogens with zero attached hydrogens (tertiary/aromatic N) is 1. The highest BCUT2D eigenvalue weighted by Crippen LogP contribution is 2.44. The Bertz CT molecular complexity index is 768. The van der Waals surface area contributed by atoms with Crippen molar-refractivity contribution in [2.24, 2.45) is 11.8 Å². The summed E-state index contributed by atoms with van der Waals surface area (Å²) in [6.45, 7) is 6.45. The van der Waals surface area contributed by atoms with Crippen LogP contribution in [0.5, 0.6) is 0 Å². The van der Waals surface area contributed by atoms with Gasteiger partial charge >= 0.3 is 17.8 Å². The van der Waals surface area contributed by atoms with Crippen LogP contribution in [0, 0.1) is 11.8 Å². The lowest BCUT2D eigenvalue weighted by molar-refractivity contribution is -0.190. The molecule has 0 radical (unpaired) electrons. The fourth-order valence-electron chi connectivity index (χ4n) is 4.96. The molecule has 0 bridgehead atoms.